The first-order valence-corrected chi connectivity index (χ1v) is 4.29. The van der Waals surface area contributed by atoms with E-state index in [0.29, 0.717) is 0 Å². The molecule has 0 radical (unpaired) electrons. The van der Waals surface area contributed by atoms with E-state index in [9.17, 15) is 0 Å². The highest BCUT2D eigenvalue weighted by atomic mass is 16.7. The van der Waals surface area contributed by atoms with Crippen LogP contribution in [0.4, 0.5) is 0 Å². The van der Waals surface area contributed by atoms with Gasteiger partial charge in [0.05, 0.1) is 0 Å². The minimum absolute atomic E-state index is 0.196. The predicted octanol–water partition coefficient (Wildman–Crippen LogP) is 2.29. The van der Waals surface area contributed by atoms with Gasteiger partial charge in [0.1, 0.15) is 12.5 Å². The van der Waals surface area contributed by atoms with E-state index in [1.807, 2.05) is 24.3 Å². The van der Waals surface area contributed by atoms with Crippen LogP contribution >= 0.6 is 0 Å². The second-order valence-corrected chi connectivity index (χ2v) is 2.65. The maximum absolute atomic E-state index is 5.27. The molecule has 0 bridgehead atoms. The van der Waals surface area contributed by atoms with Crippen molar-refractivity contribution in [3.05, 3.63) is 36.4 Å². The Morgan fingerprint density at radius 3 is 2.50 bits per heavy atom. The zero-order chi connectivity index (χ0) is 10.2. The molecule has 1 aromatic carbocycles. The molecular weight excluding hydrogens is 180 g/mol. The third-order valence-electron chi connectivity index (χ3n) is 1.63. The molecule has 0 spiro atoms. The normalized spacial score (nSPS) is 9.79. The lowest BCUT2D eigenvalue weighted by atomic mass is 10.2. The summed E-state index contributed by atoms with van der Waals surface area (Å²) in [7, 11) is 1.57. The average molecular weight is 194 g/mol. The summed E-state index contributed by atoms with van der Waals surface area (Å²) in [5.41, 5.74) is 1.06. The molecule has 0 aliphatic carbocycles. The summed E-state index contributed by atoms with van der Waals surface area (Å²) >= 11 is 0. The largest absolute Gasteiger partial charge is 0.467 e. The van der Waals surface area contributed by atoms with Crippen molar-refractivity contribution in [1.82, 2.24) is 0 Å². The van der Waals surface area contributed by atoms with Gasteiger partial charge in [0, 0.05) is 7.11 Å². The van der Waals surface area contributed by atoms with E-state index in [-0.39, 0.29) is 13.6 Å². The number of benzene rings is 1. The van der Waals surface area contributed by atoms with Gasteiger partial charge in [-0.25, -0.2) is 0 Å². The summed E-state index contributed by atoms with van der Waals surface area (Å²) in [6.45, 7) is 4.10. The molecule has 0 saturated carbocycles. The van der Waals surface area contributed by atoms with Crippen LogP contribution in [0.3, 0.4) is 0 Å². The van der Waals surface area contributed by atoms with Crippen molar-refractivity contribution in [2.75, 3.05) is 20.7 Å². The first-order chi connectivity index (χ1) is 6.86. The molecule has 0 aliphatic rings. The van der Waals surface area contributed by atoms with Crippen LogP contribution < -0.4 is 4.74 Å². The van der Waals surface area contributed by atoms with Crippen LogP contribution in [-0.2, 0) is 9.47 Å². The van der Waals surface area contributed by atoms with Crippen LogP contribution in [-0.4, -0.2) is 20.7 Å². The summed E-state index contributed by atoms with van der Waals surface area (Å²) in [6.07, 6.45) is 1.78. The summed E-state index contributed by atoms with van der Waals surface area (Å²) < 4.78 is 15.0. The molecule has 14 heavy (non-hydrogen) atoms. The number of hydrogen-bond acceptors (Lipinski definition) is 3. The highest BCUT2D eigenvalue weighted by molar-refractivity contribution is 5.48. The molecule has 3 heteroatoms. The Balaban J connectivity index is 2.32. The fraction of sp³-hybridized carbons (Fsp3) is 0.273. The van der Waals surface area contributed by atoms with Crippen molar-refractivity contribution < 1.29 is 14.2 Å². The van der Waals surface area contributed by atoms with Gasteiger partial charge in [-0.3, -0.25) is 0 Å². The molecular formula is C11H14O3. The fourth-order valence-corrected chi connectivity index (χ4v) is 0.927. The number of hydrogen-bond donors (Lipinski definition) is 0. The van der Waals surface area contributed by atoms with E-state index < -0.39 is 0 Å². The smallest absolute Gasteiger partial charge is 0.191 e. The minimum atomic E-state index is 0.196. The SMILES string of the molecule is C=Cc1ccc(OCOCOC)cc1. The molecule has 0 atom stereocenters. The van der Waals surface area contributed by atoms with Crippen molar-refractivity contribution in [2.24, 2.45) is 0 Å². The van der Waals surface area contributed by atoms with Crippen molar-refractivity contribution in [3.8, 4) is 5.75 Å². The molecule has 0 aromatic heterocycles. The van der Waals surface area contributed by atoms with Gasteiger partial charge in [-0.2, -0.15) is 0 Å². The molecule has 3 nitrogen and oxygen atoms in total. The number of ether oxygens (including phenoxy) is 3. The van der Waals surface area contributed by atoms with Crippen LogP contribution in [0.2, 0.25) is 0 Å². The summed E-state index contributed by atoms with van der Waals surface area (Å²) in [5, 5.41) is 0. The zero-order valence-corrected chi connectivity index (χ0v) is 8.23. The van der Waals surface area contributed by atoms with Gasteiger partial charge >= 0.3 is 0 Å². The average Bonchev–Trinajstić information content (AvgIpc) is 2.25. The monoisotopic (exact) mass is 194 g/mol. The molecule has 0 fully saturated rings. The highest BCUT2D eigenvalue weighted by Crippen LogP contribution is 2.12. The van der Waals surface area contributed by atoms with Gasteiger partial charge < -0.3 is 14.2 Å². The molecule has 0 amide bonds. The van der Waals surface area contributed by atoms with Gasteiger partial charge in [0.15, 0.2) is 6.79 Å². The van der Waals surface area contributed by atoms with Crippen molar-refractivity contribution in [3.63, 3.8) is 0 Å². The van der Waals surface area contributed by atoms with E-state index in [1.165, 1.54) is 0 Å². The second kappa shape index (κ2) is 6.18. The van der Waals surface area contributed by atoms with Gasteiger partial charge in [-0.15, -0.1) is 0 Å². The Morgan fingerprint density at radius 1 is 1.21 bits per heavy atom. The zero-order valence-electron chi connectivity index (χ0n) is 8.23. The molecule has 76 valence electrons. The lowest BCUT2D eigenvalue weighted by Gasteiger charge is -2.06. The number of methoxy groups -OCH3 is 1. The molecule has 0 N–H and O–H groups in total. The van der Waals surface area contributed by atoms with Crippen LogP contribution in [0.25, 0.3) is 6.08 Å². The molecule has 0 unspecified atom stereocenters. The van der Waals surface area contributed by atoms with Crippen molar-refractivity contribution >= 4 is 6.08 Å². The van der Waals surface area contributed by atoms with E-state index in [1.54, 1.807) is 13.2 Å². The standard InChI is InChI=1S/C11H14O3/c1-3-10-4-6-11(7-5-10)14-9-13-8-12-2/h3-7H,1,8-9H2,2H3. The third-order valence-corrected chi connectivity index (χ3v) is 1.63. The molecule has 1 aromatic rings. The molecule has 0 heterocycles. The Morgan fingerprint density at radius 2 is 1.93 bits per heavy atom. The van der Waals surface area contributed by atoms with Crippen LogP contribution in [0.5, 0.6) is 5.75 Å². The van der Waals surface area contributed by atoms with Crippen LogP contribution in [0.1, 0.15) is 5.56 Å². The first kappa shape index (κ1) is 10.8. The van der Waals surface area contributed by atoms with Gasteiger partial charge in [0.2, 0.25) is 0 Å². The maximum atomic E-state index is 5.27. The minimum Gasteiger partial charge on any atom is -0.467 e. The first-order valence-electron chi connectivity index (χ1n) is 4.29. The van der Waals surface area contributed by atoms with E-state index in [4.69, 9.17) is 14.2 Å². The Kier molecular flexibility index (Phi) is 4.75. The Bertz CT molecular complexity index is 266. The summed E-state index contributed by atoms with van der Waals surface area (Å²) in [5.74, 6) is 0.770. The molecule has 0 saturated heterocycles. The highest BCUT2D eigenvalue weighted by Gasteiger charge is 1.92. The topological polar surface area (TPSA) is 27.7 Å². The second-order valence-electron chi connectivity index (χ2n) is 2.65. The van der Waals surface area contributed by atoms with Crippen LogP contribution in [0.15, 0.2) is 30.8 Å². The van der Waals surface area contributed by atoms with E-state index >= 15 is 0 Å². The van der Waals surface area contributed by atoms with Gasteiger partial charge in [-0.1, -0.05) is 24.8 Å². The Hall–Kier alpha value is -1.32. The lowest BCUT2D eigenvalue weighted by molar-refractivity contribution is -0.0835. The Labute approximate surface area is 83.9 Å². The van der Waals surface area contributed by atoms with E-state index in [2.05, 4.69) is 6.58 Å². The predicted molar refractivity (Wildman–Crippen MR) is 55.0 cm³/mol. The quantitative estimate of drug-likeness (QED) is 0.513. The molecule has 1 rings (SSSR count). The fourth-order valence-electron chi connectivity index (χ4n) is 0.927. The summed E-state index contributed by atoms with van der Waals surface area (Å²) in [4.78, 5) is 0. The molecule has 0 aliphatic heterocycles. The number of rotatable bonds is 6. The van der Waals surface area contributed by atoms with Crippen molar-refractivity contribution in [2.45, 2.75) is 0 Å². The lowest BCUT2D eigenvalue weighted by Crippen LogP contribution is -2.04. The maximum Gasteiger partial charge on any atom is 0.191 e. The van der Waals surface area contributed by atoms with E-state index in [0.717, 1.165) is 11.3 Å². The van der Waals surface area contributed by atoms with Gasteiger partial charge in [0.25, 0.3) is 0 Å². The van der Waals surface area contributed by atoms with Crippen LogP contribution in [0, 0.1) is 0 Å². The third kappa shape index (κ3) is 3.60. The summed E-state index contributed by atoms with van der Waals surface area (Å²) in [6, 6.07) is 7.59. The van der Waals surface area contributed by atoms with Crippen molar-refractivity contribution in [1.29, 1.82) is 0 Å². The van der Waals surface area contributed by atoms with Gasteiger partial charge in [-0.05, 0) is 17.7 Å².